The first-order valence-electron chi connectivity index (χ1n) is 3.61. The number of hydrogen-bond acceptors (Lipinski definition) is 4. The second-order valence-corrected chi connectivity index (χ2v) is 4.22. The maximum atomic E-state index is 5.90. The zero-order valence-electron chi connectivity index (χ0n) is 6.92. The molecular weight excluding hydrogens is 338 g/mol. The van der Waals surface area contributed by atoms with Crippen LogP contribution in [0.5, 0.6) is 0 Å². The van der Waals surface area contributed by atoms with Gasteiger partial charge in [0.25, 0.3) is 0 Å². The first kappa shape index (κ1) is 10.3. The smallest absolute Gasteiger partial charge is 0.221 e. The van der Waals surface area contributed by atoms with E-state index in [1.807, 2.05) is 22.6 Å². The number of hydrogen-bond donors (Lipinski definition) is 0. The highest BCUT2D eigenvalue weighted by Gasteiger charge is 2.10. The van der Waals surface area contributed by atoms with E-state index in [1.165, 1.54) is 0 Å². The Morgan fingerprint density at radius 3 is 2.43 bits per heavy atom. The second kappa shape index (κ2) is 3.71. The van der Waals surface area contributed by atoms with Crippen molar-refractivity contribution < 1.29 is 0 Å². The Morgan fingerprint density at radius 2 is 1.71 bits per heavy atom. The SMILES string of the molecule is Cc1nc(Cl)nc2c(Cl)nc(I)nc12. The van der Waals surface area contributed by atoms with E-state index in [1.54, 1.807) is 6.92 Å². The van der Waals surface area contributed by atoms with Crippen LogP contribution >= 0.6 is 45.8 Å². The van der Waals surface area contributed by atoms with Crippen LogP contribution < -0.4 is 0 Å². The van der Waals surface area contributed by atoms with Crippen molar-refractivity contribution in [2.75, 3.05) is 0 Å². The third-order valence-corrected chi connectivity index (χ3v) is 2.54. The highest BCUT2D eigenvalue weighted by Crippen LogP contribution is 2.21. The first-order valence-corrected chi connectivity index (χ1v) is 5.44. The number of nitrogens with zero attached hydrogens (tertiary/aromatic N) is 4. The highest BCUT2D eigenvalue weighted by molar-refractivity contribution is 14.1. The summed E-state index contributed by atoms with van der Waals surface area (Å²) in [7, 11) is 0. The van der Waals surface area contributed by atoms with Gasteiger partial charge in [-0.1, -0.05) is 11.6 Å². The fraction of sp³-hybridized carbons (Fsp3) is 0.143. The maximum Gasteiger partial charge on any atom is 0.223 e. The van der Waals surface area contributed by atoms with E-state index in [4.69, 9.17) is 23.2 Å². The van der Waals surface area contributed by atoms with Gasteiger partial charge in [-0.25, -0.2) is 19.9 Å². The number of fused-ring (bicyclic) bond motifs is 1. The molecule has 0 aliphatic rings. The Kier molecular flexibility index (Phi) is 2.72. The minimum Gasteiger partial charge on any atom is -0.221 e. The second-order valence-electron chi connectivity index (χ2n) is 2.56. The molecule has 0 atom stereocenters. The molecule has 0 aliphatic heterocycles. The normalized spacial score (nSPS) is 10.9. The molecule has 7 heteroatoms. The number of aryl methyl sites for hydroxylation is 1. The van der Waals surface area contributed by atoms with Crippen molar-refractivity contribution in [3.8, 4) is 0 Å². The summed E-state index contributed by atoms with van der Waals surface area (Å²) in [6, 6.07) is 0. The van der Waals surface area contributed by atoms with Crippen LogP contribution in [0.15, 0.2) is 0 Å². The summed E-state index contributed by atoms with van der Waals surface area (Å²) in [6.07, 6.45) is 0. The lowest BCUT2D eigenvalue weighted by Crippen LogP contribution is -1.97. The number of aromatic nitrogens is 4. The highest BCUT2D eigenvalue weighted by atomic mass is 127. The number of rotatable bonds is 0. The molecule has 0 amide bonds. The lowest BCUT2D eigenvalue weighted by molar-refractivity contribution is 1.08. The minimum absolute atomic E-state index is 0.154. The van der Waals surface area contributed by atoms with Crippen LogP contribution in [-0.4, -0.2) is 19.9 Å². The van der Waals surface area contributed by atoms with Gasteiger partial charge in [0.1, 0.15) is 11.0 Å². The minimum atomic E-state index is 0.154. The maximum absolute atomic E-state index is 5.90. The zero-order valence-corrected chi connectivity index (χ0v) is 10.6. The van der Waals surface area contributed by atoms with Gasteiger partial charge in [-0.3, -0.25) is 0 Å². The topological polar surface area (TPSA) is 51.6 Å². The van der Waals surface area contributed by atoms with Crippen LogP contribution in [0.4, 0.5) is 0 Å². The van der Waals surface area contributed by atoms with Crippen molar-refractivity contribution in [1.82, 2.24) is 19.9 Å². The molecule has 0 saturated heterocycles. The van der Waals surface area contributed by atoms with Gasteiger partial charge in [0.2, 0.25) is 5.28 Å². The van der Waals surface area contributed by atoms with Crippen LogP contribution in [0.3, 0.4) is 0 Å². The summed E-state index contributed by atoms with van der Waals surface area (Å²) in [4.78, 5) is 16.1. The summed E-state index contributed by atoms with van der Waals surface area (Å²) >= 11 is 13.6. The molecule has 0 spiro atoms. The van der Waals surface area contributed by atoms with Gasteiger partial charge in [0.05, 0.1) is 5.69 Å². The first-order chi connectivity index (χ1) is 6.58. The molecule has 2 aromatic rings. The third-order valence-electron chi connectivity index (χ3n) is 1.62. The van der Waals surface area contributed by atoms with Gasteiger partial charge in [-0.2, -0.15) is 0 Å². The predicted molar refractivity (Wildman–Crippen MR) is 62.6 cm³/mol. The van der Waals surface area contributed by atoms with Crippen LogP contribution in [0, 0.1) is 10.8 Å². The molecule has 0 radical (unpaired) electrons. The van der Waals surface area contributed by atoms with E-state index in [0.29, 0.717) is 25.7 Å². The van der Waals surface area contributed by atoms with Gasteiger partial charge in [0.15, 0.2) is 8.98 Å². The summed E-state index contributed by atoms with van der Waals surface area (Å²) in [5, 5.41) is 0.452. The Labute approximate surface area is 103 Å². The summed E-state index contributed by atoms with van der Waals surface area (Å²) < 4.78 is 0.564. The molecule has 14 heavy (non-hydrogen) atoms. The molecule has 0 bridgehead atoms. The Bertz CT molecular complexity index is 469. The quantitative estimate of drug-likeness (QED) is 0.420. The van der Waals surface area contributed by atoms with E-state index in [2.05, 4.69) is 19.9 Å². The van der Waals surface area contributed by atoms with Crippen molar-refractivity contribution in [2.45, 2.75) is 6.92 Å². The van der Waals surface area contributed by atoms with Crippen LogP contribution in [0.1, 0.15) is 5.69 Å². The third kappa shape index (κ3) is 1.76. The molecule has 0 unspecified atom stereocenters. The van der Waals surface area contributed by atoms with Gasteiger partial charge >= 0.3 is 0 Å². The molecule has 2 aromatic heterocycles. The fourth-order valence-corrected chi connectivity index (χ4v) is 2.11. The largest absolute Gasteiger partial charge is 0.223 e. The lowest BCUT2D eigenvalue weighted by atomic mass is 10.3. The summed E-state index contributed by atoms with van der Waals surface area (Å²) in [5.74, 6) is 0. The van der Waals surface area contributed by atoms with E-state index in [9.17, 15) is 0 Å². The average Bonchev–Trinajstić information content (AvgIpc) is 2.07. The van der Waals surface area contributed by atoms with Crippen molar-refractivity contribution in [3.05, 3.63) is 20.0 Å². The van der Waals surface area contributed by atoms with E-state index in [0.717, 1.165) is 0 Å². The van der Waals surface area contributed by atoms with Crippen molar-refractivity contribution >= 4 is 56.8 Å². The Hall–Kier alpha value is -0.270. The molecule has 2 heterocycles. The van der Waals surface area contributed by atoms with Crippen molar-refractivity contribution in [2.24, 2.45) is 0 Å². The van der Waals surface area contributed by atoms with Gasteiger partial charge in [-0.15, -0.1) is 0 Å². The van der Waals surface area contributed by atoms with E-state index in [-0.39, 0.29) is 5.28 Å². The molecule has 0 saturated carbocycles. The van der Waals surface area contributed by atoms with Gasteiger partial charge in [-0.05, 0) is 18.5 Å². The van der Waals surface area contributed by atoms with E-state index >= 15 is 0 Å². The molecule has 0 aromatic carbocycles. The Morgan fingerprint density at radius 1 is 1.00 bits per heavy atom. The number of halogens is 3. The molecule has 0 N–H and O–H groups in total. The van der Waals surface area contributed by atoms with Crippen molar-refractivity contribution in [1.29, 1.82) is 0 Å². The zero-order chi connectivity index (χ0) is 10.3. The fourth-order valence-electron chi connectivity index (χ4n) is 1.06. The standard InChI is InChI=1S/C7H3Cl2IN4/c1-2-3-4(12-6(9)11-2)5(8)14-7(10)13-3/h1H3. The van der Waals surface area contributed by atoms with Crippen LogP contribution in [-0.2, 0) is 0 Å². The average molecular weight is 341 g/mol. The van der Waals surface area contributed by atoms with Crippen molar-refractivity contribution in [3.63, 3.8) is 0 Å². The monoisotopic (exact) mass is 340 g/mol. The molecule has 72 valence electrons. The molecule has 0 aliphatic carbocycles. The molecular formula is C7H3Cl2IN4. The van der Waals surface area contributed by atoms with Gasteiger partial charge < -0.3 is 0 Å². The summed E-state index contributed by atoms with van der Waals surface area (Å²) in [6.45, 7) is 1.80. The lowest BCUT2D eigenvalue weighted by Gasteiger charge is -2.02. The van der Waals surface area contributed by atoms with E-state index < -0.39 is 0 Å². The molecule has 4 nitrogen and oxygen atoms in total. The summed E-state index contributed by atoms with van der Waals surface area (Å²) in [5.41, 5.74) is 1.82. The molecule has 0 fully saturated rings. The molecule has 2 rings (SSSR count). The predicted octanol–water partition coefficient (Wildman–Crippen LogP) is 2.64. The van der Waals surface area contributed by atoms with Crippen LogP contribution in [0.2, 0.25) is 10.4 Å². The Balaban J connectivity index is 2.94. The van der Waals surface area contributed by atoms with Crippen LogP contribution in [0.25, 0.3) is 11.0 Å². The van der Waals surface area contributed by atoms with Gasteiger partial charge in [0, 0.05) is 22.6 Å².